The Morgan fingerprint density at radius 1 is 1.21 bits per heavy atom. The summed E-state index contributed by atoms with van der Waals surface area (Å²) in [4.78, 5) is 14.1. The van der Waals surface area contributed by atoms with Crippen molar-refractivity contribution in [2.75, 3.05) is 13.1 Å². The molecule has 2 aromatic rings. The number of carbonyl (C=O) groups is 1. The average molecular weight is 334 g/mol. The van der Waals surface area contributed by atoms with E-state index in [4.69, 9.17) is 4.52 Å². The van der Waals surface area contributed by atoms with Crippen molar-refractivity contribution in [1.29, 1.82) is 0 Å². The standard InChI is InChI=1S/C18H20F2N2O2/c19-16-3-1-14(12-17(16)20)11-13-5-8-22(9-6-13)18(23)4-2-15-7-10-24-21-15/h1,3,7,10,12-13H,2,4-6,8-9,11H2. The van der Waals surface area contributed by atoms with Crippen molar-refractivity contribution in [3.63, 3.8) is 0 Å². The first-order chi connectivity index (χ1) is 11.6. The normalized spacial score (nSPS) is 15.7. The van der Waals surface area contributed by atoms with Gasteiger partial charge in [0, 0.05) is 32.0 Å². The molecule has 0 spiro atoms. The van der Waals surface area contributed by atoms with Gasteiger partial charge in [0.15, 0.2) is 11.6 Å². The van der Waals surface area contributed by atoms with Crippen LogP contribution in [0, 0.1) is 17.6 Å². The molecule has 0 radical (unpaired) electrons. The lowest BCUT2D eigenvalue weighted by Crippen LogP contribution is -2.39. The summed E-state index contributed by atoms with van der Waals surface area (Å²) in [6.07, 6.45) is 5.01. The molecule has 3 rings (SSSR count). The predicted octanol–water partition coefficient (Wildman–Crippen LogP) is 3.37. The SMILES string of the molecule is O=C(CCc1ccon1)N1CCC(Cc2ccc(F)c(F)c2)CC1. The summed E-state index contributed by atoms with van der Waals surface area (Å²) >= 11 is 0. The van der Waals surface area contributed by atoms with Gasteiger partial charge in [0.2, 0.25) is 5.91 Å². The van der Waals surface area contributed by atoms with Crippen LogP contribution in [-0.4, -0.2) is 29.1 Å². The van der Waals surface area contributed by atoms with Crippen molar-refractivity contribution >= 4 is 5.91 Å². The fraction of sp³-hybridized carbons (Fsp3) is 0.444. The first kappa shape index (κ1) is 16.6. The number of hydrogen-bond donors (Lipinski definition) is 0. The molecule has 6 heteroatoms. The van der Waals surface area contributed by atoms with E-state index in [1.807, 2.05) is 4.90 Å². The molecule has 4 nitrogen and oxygen atoms in total. The molecule has 128 valence electrons. The molecular weight excluding hydrogens is 314 g/mol. The maximum absolute atomic E-state index is 13.3. The zero-order valence-electron chi connectivity index (χ0n) is 13.4. The number of halogens is 2. The molecule has 24 heavy (non-hydrogen) atoms. The number of piperidine rings is 1. The van der Waals surface area contributed by atoms with Gasteiger partial charge in [-0.3, -0.25) is 4.79 Å². The van der Waals surface area contributed by atoms with E-state index in [-0.39, 0.29) is 5.91 Å². The monoisotopic (exact) mass is 334 g/mol. The minimum atomic E-state index is -0.814. The number of hydrogen-bond acceptors (Lipinski definition) is 3. The molecule has 0 bridgehead atoms. The maximum Gasteiger partial charge on any atom is 0.222 e. The zero-order valence-corrected chi connectivity index (χ0v) is 13.4. The van der Waals surface area contributed by atoms with Gasteiger partial charge in [0.05, 0.1) is 5.69 Å². The van der Waals surface area contributed by atoms with Crippen LogP contribution in [0.1, 0.15) is 30.5 Å². The third kappa shape index (κ3) is 4.19. The average Bonchev–Trinajstić information content (AvgIpc) is 3.10. The third-order valence-corrected chi connectivity index (χ3v) is 4.56. The molecular formula is C18H20F2N2O2. The Balaban J connectivity index is 1.44. The number of nitrogens with zero attached hydrogens (tertiary/aromatic N) is 2. The highest BCUT2D eigenvalue weighted by molar-refractivity contribution is 5.76. The summed E-state index contributed by atoms with van der Waals surface area (Å²) in [5, 5.41) is 3.80. The Bertz CT molecular complexity index is 680. The first-order valence-electron chi connectivity index (χ1n) is 8.23. The first-order valence-corrected chi connectivity index (χ1v) is 8.23. The van der Waals surface area contributed by atoms with Gasteiger partial charge in [0.1, 0.15) is 6.26 Å². The second-order valence-electron chi connectivity index (χ2n) is 6.27. The second-order valence-corrected chi connectivity index (χ2v) is 6.27. The molecule has 1 aromatic heterocycles. The summed E-state index contributed by atoms with van der Waals surface area (Å²) in [6, 6.07) is 5.84. The fourth-order valence-electron chi connectivity index (χ4n) is 3.15. The summed E-state index contributed by atoms with van der Waals surface area (Å²) in [5.41, 5.74) is 1.60. The number of amides is 1. The Kier molecular flexibility index (Phi) is 5.23. The number of rotatable bonds is 5. The lowest BCUT2D eigenvalue weighted by molar-refractivity contribution is -0.132. The molecule has 1 aliphatic heterocycles. The Hall–Kier alpha value is -2.24. The van der Waals surface area contributed by atoms with Crippen molar-refractivity contribution < 1.29 is 18.1 Å². The largest absolute Gasteiger partial charge is 0.365 e. The predicted molar refractivity (Wildman–Crippen MR) is 84.2 cm³/mol. The van der Waals surface area contributed by atoms with Gasteiger partial charge >= 0.3 is 0 Å². The van der Waals surface area contributed by atoms with Gasteiger partial charge in [-0.05, 0) is 42.9 Å². The van der Waals surface area contributed by atoms with E-state index >= 15 is 0 Å². The number of aryl methyl sites for hydroxylation is 1. The van der Waals surface area contributed by atoms with Crippen molar-refractivity contribution in [3.05, 3.63) is 53.4 Å². The molecule has 1 fully saturated rings. The highest BCUT2D eigenvalue weighted by Crippen LogP contribution is 2.23. The zero-order chi connectivity index (χ0) is 16.9. The van der Waals surface area contributed by atoms with Crippen LogP contribution in [0.2, 0.25) is 0 Å². The lowest BCUT2D eigenvalue weighted by Gasteiger charge is -2.32. The van der Waals surface area contributed by atoms with Gasteiger partial charge in [-0.25, -0.2) is 8.78 Å². The van der Waals surface area contributed by atoms with E-state index in [0.717, 1.165) is 30.5 Å². The maximum atomic E-state index is 13.3. The molecule has 0 saturated carbocycles. The highest BCUT2D eigenvalue weighted by Gasteiger charge is 2.23. The van der Waals surface area contributed by atoms with Crippen LogP contribution in [0.15, 0.2) is 35.1 Å². The van der Waals surface area contributed by atoms with Crippen LogP contribution in [0.5, 0.6) is 0 Å². The van der Waals surface area contributed by atoms with Crippen molar-refractivity contribution in [3.8, 4) is 0 Å². The fourth-order valence-corrected chi connectivity index (χ4v) is 3.15. The minimum absolute atomic E-state index is 0.129. The number of likely N-dealkylation sites (tertiary alicyclic amines) is 1. The summed E-state index contributed by atoms with van der Waals surface area (Å²) < 4.78 is 31.0. The lowest BCUT2D eigenvalue weighted by atomic mass is 9.90. The Morgan fingerprint density at radius 3 is 2.67 bits per heavy atom. The molecule has 0 N–H and O–H groups in total. The Labute approximate surface area is 139 Å². The van der Waals surface area contributed by atoms with E-state index < -0.39 is 11.6 Å². The van der Waals surface area contributed by atoms with Crippen LogP contribution in [0.4, 0.5) is 8.78 Å². The van der Waals surface area contributed by atoms with E-state index in [2.05, 4.69) is 5.16 Å². The minimum Gasteiger partial charge on any atom is -0.365 e. The van der Waals surface area contributed by atoms with E-state index in [1.165, 1.54) is 18.4 Å². The van der Waals surface area contributed by atoms with E-state index in [9.17, 15) is 13.6 Å². The molecule has 1 amide bonds. The highest BCUT2D eigenvalue weighted by atomic mass is 19.2. The number of carbonyl (C=O) groups excluding carboxylic acids is 1. The summed E-state index contributed by atoms with van der Waals surface area (Å²) in [5.74, 6) is -1.09. The second kappa shape index (κ2) is 7.55. The van der Waals surface area contributed by atoms with E-state index in [0.29, 0.717) is 31.8 Å². The van der Waals surface area contributed by atoms with Crippen LogP contribution in [0.3, 0.4) is 0 Å². The van der Waals surface area contributed by atoms with Gasteiger partial charge in [-0.15, -0.1) is 0 Å². The van der Waals surface area contributed by atoms with Gasteiger partial charge in [-0.1, -0.05) is 11.2 Å². The molecule has 0 aliphatic carbocycles. The van der Waals surface area contributed by atoms with Gasteiger partial charge in [0.25, 0.3) is 0 Å². The van der Waals surface area contributed by atoms with Crippen molar-refractivity contribution in [1.82, 2.24) is 10.1 Å². The van der Waals surface area contributed by atoms with Crippen molar-refractivity contribution in [2.45, 2.75) is 32.1 Å². The molecule has 1 aromatic carbocycles. The summed E-state index contributed by atoms with van der Waals surface area (Å²) in [6.45, 7) is 1.43. The molecule has 2 heterocycles. The van der Waals surface area contributed by atoms with Crippen LogP contribution in [0.25, 0.3) is 0 Å². The van der Waals surface area contributed by atoms with E-state index in [1.54, 1.807) is 12.1 Å². The van der Waals surface area contributed by atoms with Gasteiger partial charge < -0.3 is 9.42 Å². The molecule has 1 saturated heterocycles. The quantitative estimate of drug-likeness (QED) is 0.842. The Morgan fingerprint density at radius 2 is 2.00 bits per heavy atom. The molecule has 1 aliphatic rings. The van der Waals surface area contributed by atoms with Crippen LogP contribution < -0.4 is 0 Å². The third-order valence-electron chi connectivity index (χ3n) is 4.56. The van der Waals surface area contributed by atoms with Gasteiger partial charge in [-0.2, -0.15) is 0 Å². The summed E-state index contributed by atoms with van der Waals surface area (Å²) in [7, 11) is 0. The number of benzene rings is 1. The van der Waals surface area contributed by atoms with Crippen LogP contribution >= 0.6 is 0 Å². The van der Waals surface area contributed by atoms with Crippen LogP contribution in [-0.2, 0) is 17.6 Å². The number of aromatic nitrogens is 1. The topological polar surface area (TPSA) is 46.3 Å². The molecule has 0 unspecified atom stereocenters. The molecule has 0 atom stereocenters. The smallest absolute Gasteiger partial charge is 0.222 e. The van der Waals surface area contributed by atoms with Crippen molar-refractivity contribution in [2.24, 2.45) is 5.92 Å².